The molecule has 9 nitrogen and oxygen atoms in total. The third-order valence-corrected chi connectivity index (χ3v) is 6.50. The number of pyridine rings is 1. The molecular weight excluding hydrogens is 427 g/mol. The quantitative estimate of drug-likeness (QED) is 0.553. The summed E-state index contributed by atoms with van der Waals surface area (Å²) in [5.74, 6) is 0.00354. The lowest BCUT2D eigenvalue weighted by Gasteiger charge is -2.24. The predicted octanol–water partition coefficient (Wildman–Crippen LogP) is 2.98. The molecule has 0 radical (unpaired) electrons. The van der Waals surface area contributed by atoms with Gasteiger partial charge in [-0.1, -0.05) is 6.08 Å². The summed E-state index contributed by atoms with van der Waals surface area (Å²) in [5.41, 5.74) is 3.82. The van der Waals surface area contributed by atoms with E-state index in [-0.39, 0.29) is 13.1 Å². The molecule has 162 valence electrons. The Labute approximate surface area is 177 Å². The number of aromatic amines is 1. The molecule has 0 atom stereocenters. The van der Waals surface area contributed by atoms with E-state index in [1.807, 2.05) is 12.1 Å². The fourth-order valence-electron chi connectivity index (χ4n) is 3.61. The zero-order valence-corrected chi connectivity index (χ0v) is 17.2. The lowest BCUT2D eigenvalue weighted by Crippen LogP contribution is -2.44. The summed E-state index contributed by atoms with van der Waals surface area (Å²) < 4.78 is 45.6. The molecule has 0 saturated heterocycles. The van der Waals surface area contributed by atoms with Gasteiger partial charge in [0.25, 0.3) is 0 Å². The van der Waals surface area contributed by atoms with Crippen LogP contribution < -0.4 is 9.46 Å². The van der Waals surface area contributed by atoms with E-state index in [0.717, 1.165) is 32.1 Å². The van der Waals surface area contributed by atoms with Crippen molar-refractivity contribution in [2.75, 3.05) is 20.2 Å². The number of carboxylic acid groups (broad SMARTS) is 1. The number of carbonyl (C=O) groups is 1. The molecule has 0 unspecified atom stereocenters. The lowest BCUT2D eigenvalue weighted by molar-refractivity contribution is 0.200. The molecule has 0 fully saturated rings. The van der Waals surface area contributed by atoms with Gasteiger partial charge in [0.15, 0.2) is 0 Å². The second-order valence-corrected chi connectivity index (χ2v) is 8.57. The second kappa shape index (κ2) is 8.00. The van der Waals surface area contributed by atoms with Gasteiger partial charge in [-0.2, -0.15) is 12.7 Å². The van der Waals surface area contributed by atoms with Gasteiger partial charge >= 0.3 is 16.3 Å². The molecule has 1 aliphatic heterocycles. The van der Waals surface area contributed by atoms with Crippen molar-refractivity contribution in [2.24, 2.45) is 0 Å². The molecule has 1 aromatic carbocycles. The Balaban J connectivity index is 1.68. The summed E-state index contributed by atoms with van der Waals surface area (Å²) in [7, 11) is -2.62. The SMILES string of the molecule is COc1cc(F)ccc1-c1ccnc2[nH]c(C3=CCN(S(=O)(=O)NC(=O)O)CC3)cc12. The van der Waals surface area contributed by atoms with E-state index < -0.39 is 22.1 Å². The van der Waals surface area contributed by atoms with Crippen LogP contribution in [0, 0.1) is 5.82 Å². The zero-order chi connectivity index (χ0) is 22.2. The topological polar surface area (TPSA) is 125 Å². The highest BCUT2D eigenvalue weighted by Crippen LogP contribution is 2.36. The van der Waals surface area contributed by atoms with Crippen molar-refractivity contribution in [1.82, 2.24) is 19.0 Å². The largest absolute Gasteiger partial charge is 0.496 e. The molecule has 0 saturated carbocycles. The van der Waals surface area contributed by atoms with Crippen LogP contribution in [-0.4, -0.2) is 54.1 Å². The standard InChI is InChI=1S/C20H19FN4O5S/c1-30-18-10-13(21)2-3-15(18)14-4-7-22-19-16(14)11-17(23-19)12-5-8-25(9-6-12)31(28,29)24-20(26)27/h2-5,7,10-11,24H,6,8-9H2,1H3,(H,22,23)(H,26,27). The molecule has 3 aromatic rings. The average molecular weight is 446 g/mol. The van der Waals surface area contributed by atoms with Gasteiger partial charge in [-0.15, -0.1) is 0 Å². The summed E-state index contributed by atoms with van der Waals surface area (Å²) in [6.45, 7) is 0.176. The van der Waals surface area contributed by atoms with Crippen LogP contribution in [0.1, 0.15) is 12.1 Å². The number of H-pyrrole nitrogens is 1. The van der Waals surface area contributed by atoms with Crippen LogP contribution in [0.4, 0.5) is 9.18 Å². The molecular formula is C20H19FN4O5S. The van der Waals surface area contributed by atoms with Crippen molar-refractivity contribution in [3.05, 3.63) is 54.1 Å². The van der Waals surface area contributed by atoms with E-state index in [2.05, 4.69) is 9.97 Å². The molecule has 4 rings (SSSR count). The first-order valence-corrected chi connectivity index (χ1v) is 10.7. The molecule has 2 aromatic heterocycles. The van der Waals surface area contributed by atoms with Crippen molar-refractivity contribution in [3.8, 4) is 16.9 Å². The molecule has 1 amide bonds. The fourth-order valence-corrected chi connectivity index (χ4v) is 4.56. The van der Waals surface area contributed by atoms with Crippen LogP contribution in [0.15, 0.2) is 42.6 Å². The number of rotatable bonds is 5. The van der Waals surface area contributed by atoms with Crippen LogP contribution in [0.2, 0.25) is 0 Å². The van der Waals surface area contributed by atoms with Gasteiger partial charge in [0.1, 0.15) is 17.2 Å². The minimum atomic E-state index is -4.09. The van der Waals surface area contributed by atoms with Gasteiger partial charge in [-0.05, 0) is 41.8 Å². The maximum atomic E-state index is 13.6. The Morgan fingerprint density at radius 1 is 1.29 bits per heavy atom. The van der Waals surface area contributed by atoms with E-state index in [4.69, 9.17) is 9.84 Å². The molecule has 0 aliphatic carbocycles. The van der Waals surface area contributed by atoms with E-state index in [1.165, 1.54) is 24.0 Å². The normalized spacial score (nSPS) is 15.0. The summed E-state index contributed by atoms with van der Waals surface area (Å²) in [6.07, 6.45) is 2.14. The number of halogens is 1. The van der Waals surface area contributed by atoms with E-state index in [9.17, 15) is 17.6 Å². The molecule has 3 N–H and O–H groups in total. The van der Waals surface area contributed by atoms with E-state index in [0.29, 0.717) is 17.8 Å². The molecule has 31 heavy (non-hydrogen) atoms. The number of amides is 1. The van der Waals surface area contributed by atoms with Crippen molar-refractivity contribution in [2.45, 2.75) is 6.42 Å². The number of benzene rings is 1. The summed E-state index contributed by atoms with van der Waals surface area (Å²) in [5, 5.41) is 9.50. The first-order valence-electron chi connectivity index (χ1n) is 9.30. The predicted molar refractivity (Wildman–Crippen MR) is 112 cm³/mol. The van der Waals surface area contributed by atoms with Gasteiger partial charge in [0, 0.05) is 42.0 Å². The Bertz CT molecular complexity index is 1300. The Kier molecular flexibility index (Phi) is 5.38. The molecule has 11 heteroatoms. The Morgan fingerprint density at radius 2 is 2.10 bits per heavy atom. The fraction of sp³-hybridized carbons (Fsp3) is 0.200. The smallest absolute Gasteiger partial charge is 0.419 e. The summed E-state index contributed by atoms with van der Waals surface area (Å²) in [6, 6.07) is 8.05. The number of methoxy groups -OCH3 is 1. The van der Waals surface area contributed by atoms with Gasteiger partial charge in [0.2, 0.25) is 0 Å². The maximum absolute atomic E-state index is 13.6. The van der Waals surface area contributed by atoms with Crippen molar-refractivity contribution >= 4 is 32.9 Å². The third-order valence-electron chi connectivity index (χ3n) is 5.06. The molecule has 3 heterocycles. The van der Waals surface area contributed by atoms with Crippen molar-refractivity contribution in [1.29, 1.82) is 0 Å². The number of hydrogen-bond donors (Lipinski definition) is 3. The van der Waals surface area contributed by atoms with E-state index >= 15 is 0 Å². The van der Waals surface area contributed by atoms with Crippen LogP contribution >= 0.6 is 0 Å². The van der Waals surface area contributed by atoms with Crippen LogP contribution in [-0.2, 0) is 10.2 Å². The first kappa shape index (κ1) is 20.8. The molecule has 1 aliphatic rings. The molecule has 0 spiro atoms. The summed E-state index contributed by atoms with van der Waals surface area (Å²) >= 11 is 0. The zero-order valence-electron chi connectivity index (χ0n) is 16.4. The highest BCUT2D eigenvalue weighted by molar-refractivity contribution is 7.87. The second-order valence-electron chi connectivity index (χ2n) is 6.90. The van der Waals surface area contributed by atoms with Gasteiger partial charge in [-0.3, -0.25) is 0 Å². The number of fused-ring (bicyclic) bond motifs is 1. The van der Waals surface area contributed by atoms with Crippen LogP contribution in [0.25, 0.3) is 27.7 Å². The highest BCUT2D eigenvalue weighted by Gasteiger charge is 2.26. The first-order chi connectivity index (χ1) is 14.8. The number of hydrogen-bond acceptors (Lipinski definition) is 5. The Hall–Kier alpha value is -3.44. The van der Waals surface area contributed by atoms with Crippen LogP contribution in [0.5, 0.6) is 5.75 Å². The monoisotopic (exact) mass is 446 g/mol. The lowest BCUT2D eigenvalue weighted by atomic mass is 10.0. The van der Waals surface area contributed by atoms with Gasteiger partial charge < -0.3 is 14.8 Å². The number of nitrogens with zero attached hydrogens (tertiary/aromatic N) is 2. The average Bonchev–Trinajstić information content (AvgIpc) is 3.17. The summed E-state index contributed by atoms with van der Waals surface area (Å²) in [4.78, 5) is 18.3. The van der Waals surface area contributed by atoms with E-state index in [1.54, 1.807) is 18.3 Å². The minimum Gasteiger partial charge on any atom is -0.496 e. The van der Waals surface area contributed by atoms with Gasteiger partial charge in [-0.25, -0.2) is 18.9 Å². The number of ether oxygens (including phenoxy) is 1. The highest BCUT2D eigenvalue weighted by atomic mass is 32.2. The van der Waals surface area contributed by atoms with Crippen LogP contribution in [0.3, 0.4) is 0 Å². The van der Waals surface area contributed by atoms with Gasteiger partial charge in [0.05, 0.1) is 7.11 Å². The van der Waals surface area contributed by atoms with Crippen molar-refractivity contribution in [3.63, 3.8) is 0 Å². The third kappa shape index (κ3) is 4.09. The van der Waals surface area contributed by atoms with Crippen molar-refractivity contribution < 1.29 is 27.4 Å². The number of nitrogens with one attached hydrogen (secondary N) is 2. The molecule has 0 bridgehead atoms. The Morgan fingerprint density at radius 3 is 2.77 bits per heavy atom. The number of aromatic nitrogens is 2. The minimum absolute atomic E-state index is 0.0411. The maximum Gasteiger partial charge on any atom is 0.419 e.